The molecular formula is C19H28O2. The SMILES string of the molecule is CCCCC/C=C/CCCc1ccc(OCC2CO2)cc1. The van der Waals surface area contributed by atoms with E-state index in [-0.39, 0.29) is 0 Å². The third kappa shape index (κ3) is 7.33. The van der Waals surface area contributed by atoms with E-state index >= 15 is 0 Å². The predicted molar refractivity (Wildman–Crippen MR) is 87.9 cm³/mol. The predicted octanol–water partition coefficient (Wildman–Crippen LogP) is 4.92. The van der Waals surface area contributed by atoms with Crippen molar-refractivity contribution in [3.8, 4) is 5.75 Å². The van der Waals surface area contributed by atoms with Gasteiger partial charge in [-0.2, -0.15) is 0 Å². The number of unbranched alkanes of at least 4 members (excludes halogenated alkanes) is 4. The van der Waals surface area contributed by atoms with Crippen LogP contribution in [-0.2, 0) is 11.2 Å². The van der Waals surface area contributed by atoms with Gasteiger partial charge >= 0.3 is 0 Å². The number of aryl methyl sites for hydroxylation is 1. The first-order valence-corrected chi connectivity index (χ1v) is 8.37. The van der Waals surface area contributed by atoms with Crippen LogP contribution in [0.15, 0.2) is 36.4 Å². The molecule has 1 aliphatic rings. The second-order valence-electron chi connectivity index (χ2n) is 5.77. The zero-order valence-corrected chi connectivity index (χ0v) is 13.2. The van der Waals surface area contributed by atoms with E-state index in [4.69, 9.17) is 9.47 Å². The van der Waals surface area contributed by atoms with E-state index in [2.05, 4.69) is 43.3 Å². The molecule has 0 aliphatic carbocycles. The van der Waals surface area contributed by atoms with Crippen LogP contribution in [0.3, 0.4) is 0 Å². The fraction of sp³-hybridized carbons (Fsp3) is 0.579. The molecule has 1 saturated heterocycles. The molecule has 0 saturated carbocycles. The Morgan fingerprint density at radius 1 is 1.10 bits per heavy atom. The van der Waals surface area contributed by atoms with Crippen molar-refractivity contribution in [1.82, 2.24) is 0 Å². The van der Waals surface area contributed by atoms with Crippen LogP contribution in [0.25, 0.3) is 0 Å². The van der Waals surface area contributed by atoms with E-state index in [1.165, 1.54) is 44.1 Å². The molecule has 1 atom stereocenters. The summed E-state index contributed by atoms with van der Waals surface area (Å²) >= 11 is 0. The van der Waals surface area contributed by atoms with E-state index in [0.29, 0.717) is 12.7 Å². The lowest BCUT2D eigenvalue weighted by Gasteiger charge is -2.05. The maximum absolute atomic E-state index is 5.64. The molecule has 1 aromatic rings. The molecule has 0 radical (unpaired) electrons. The molecule has 2 rings (SSSR count). The lowest BCUT2D eigenvalue weighted by molar-refractivity contribution is 0.263. The van der Waals surface area contributed by atoms with Gasteiger partial charge in [-0.15, -0.1) is 0 Å². The number of hydrogen-bond acceptors (Lipinski definition) is 2. The minimum atomic E-state index is 0.328. The van der Waals surface area contributed by atoms with Crippen LogP contribution >= 0.6 is 0 Å². The van der Waals surface area contributed by atoms with Gasteiger partial charge in [-0.25, -0.2) is 0 Å². The first-order valence-electron chi connectivity index (χ1n) is 8.37. The molecule has 0 amide bonds. The summed E-state index contributed by atoms with van der Waals surface area (Å²) in [6.45, 7) is 3.78. The molecule has 2 heteroatoms. The average molecular weight is 288 g/mol. The number of hydrogen-bond donors (Lipinski definition) is 0. The first kappa shape index (κ1) is 16.1. The minimum Gasteiger partial charge on any atom is -0.491 e. The average Bonchev–Trinajstić information content (AvgIpc) is 3.33. The Balaban J connectivity index is 1.55. The molecule has 0 N–H and O–H groups in total. The van der Waals surface area contributed by atoms with Crippen LogP contribution in [0.5, 0.6) is 5.75 Å². The zero-order valence-electron chi connectivity index (χ0n) is 13.2. The van der Waals surface area contributed by atoms with Crippen molar-refractivity contribution in [2.24, 2.45) is 0 Å². The van der Waals surface area contributed by atoms with Crippen LogP contribution in [-0.4, -0.2) is 19.3 Å². The topological polar surface area (TPSA) is 21.8 Å². The summed E-state index contributed by atoms with van der Waals surface area (Å²) in [6, 6.07) is 8.48. The van der Waals surface area contributed by atoms with Crippen LogP contribution in [0, 0.1) is 0 Å². The van der Waals surface area contributed by atoms with Crippen LogP contribution < -0.4 is 4.74 Å². The lowest BCUT2D eigenvalue weighted by atomic mass is 10.1. The lowest BCUT2D eigenvalue weighted by Crippen LogP contribution is -2.03. The Morgan fingerprint density at radius 2 is 1.81 bits per heavy atom. The summed E-state index contributed by atoms with van der Waals surface area (Å²) in [5.41, 5.74) is 1.39. The van der Waals surface area contributed by atoms with Crippen LogP contribution in [0.4, 0.5) is 0 Å². The van der Waals surface area contributed by atoms with Crippen molar-refractivity contribution in [3.63, 3.8) is 0 Å². The molecule has 0 bridgehead atoms. The maximum atomic E-state index is 5.64. The Labute approximate surface area is 129 Å². The number of rotatable bonds is 11. The summed E-state index contributed by atoms with van der Waals surface area (Å²) in [5.74, 6) is 0.949. The Morgan fingerprint density at radius 3 is 2.48 bits per heavy atom. The fourth-order valence-electron chi connectivity index (χ4n) is 2.28. The van der Waals surface area contributed by atoms with Gasteiger partial charge in [0.15, 0.2) is 0 Å². The van der Waals surface area contributed by atoms with Gasteiger partial charge in [0.25, 0.3) is 0 Å². The molecule has 1 unspecified atom stereocenters. The van der Waals surface area contributed by atoms with Gasteiger partial charge in [0, 0.05) is 0 Å². The highest BCUT2D eigenvalue weighted by Crippen LogP contribution is 2.17. The van der Waals surface area contributed by atoms with E-state index in [0.717, 1.165) is 18.8 Å². The highest BCUT2D eigenvalue weighted by molar-refractivity contribution is 5.27. The smallest absolute Gasteiger partial charge is 0.119 e. The molecule has 1 fully saturated rings. The van der Waals surface area contributed by atoms with Crippen LogP contribution in [0.1, 0.15) is 51.0 Å². The Bertz CT molecular complexity index is 404. The minimum absolute atomic E-state index is 0.328. The van der Waals surface area contributed by atoms with Gasteiger partial charge in [0.2, 0.25) is 0 Å². The first-order chi connectivity index (χ1) is 10.4. The van der Waals surface area contributed by atoms with Crippen molar-refractivity contribution < 1.29 is 9.47 Å². The highest BCUT2D eigenvalue weighted by atomic mass is 16.6. The summed E-state index contributed by atoms with van der Waals surface area (Å²) < 4.78 is 10.8. The number of epoxide rings is 1. The Hall–Kier alpha value is -1.28. The maximum Gasteiger partial charge on any atom is 0.119 e. The molecule has 116 valence electrons. The molecule has 1 aliphatic heterocycles. The van der Waals surface area contributed by atoms with Crippen molar-refractivity contribution in [2.45, 2.75) is 58.0 Å². The van der Waals surface area contributed by atoms with Gasteiger partial charge < -0.3 is 9.47 Å². The summed E-state index contributed by atoms with van der Waals surface area (Å²) in [5, 5.41) is 0. The normalized spacial score (nSPS) is 17.3. The third-order valence-corrected chi connectivity index (χ3v) is 3.74. The Kier molecular flexibility index (Phi) is 7.37. The highest BCUT2D eigenvalue weighted by Gasteiger charge is 2.22. The van der Waals surface area contributed by atoms with Gasteiger partial charge in [-0.05, 0) is 49.8 Å². The van der Waals surface area contributed by atoms with Crippen molar-refractivity contribution >= 4 is 0 Å². The summed E-state index contributed by atoms with van der Waals surface area (Å²) in [6.07, 6.45) is 13.8. The number of ether oxygens (including phenoxy) is 2. The fourth-order valence-corrected chi connectivity index (χ4v) is 2.28. The van der Waals surface area contributed by atoms with Crippen molar-refractivity contribution in [1.29, 1.82) is 0 Å². The van der Waals surface area contributed by atoms with Gasteiger partial charge in [0.1, 0.15) is 18.5 Å². The van der Waals surface area contributed by atoms with Gasteiger partial charge in [-0.3, -0.25) is 0 Å². The number of allylic oxidation sites excluding steroid dienone is 2. The number of benzene rings is 1. The summed E-state index contributed by atoms with van der Waals surface area (Å²) in [7, 11) is 0. The molecular weight excluding hydrogens is 260 g/mol. The van der Waals surface area contributed by atoms with Crippen molar-refractivity contribution in [2.75, 3.05) is 13.2 Å². The molecule has 1 aromatic carbocycles. The molecule has 2 nitrogen and oxygen atoms in total. The molecule has 21 heavy (non-hydrogen) atoms. The second kappa shape index (κ2) is 9.62. The van der Waals surface area contributed by atoms with E-state index in [9.17, 15) is 0 Å². The van der Waals surface area contributed by atoms with E-state index < -0.39 is 0 Å². The van der Waals surface area contributed by atoms with Crippen LogP contribution in [0.2, 0.25) is 0 Å². The molecule has 1 heterocycles. The second-order valence-corrected chi connectivity index (χ2v) is 5.77. The van der Waals surface area contributed by atoms with Crippen molar-refractivity contribution in [3.05, 3.63) is 42.0 Å². The van der Waals surface area contributed by atoms with E-state index in [1.54, 1.807) is 0 Å². The standard InChI is InChI=1S/C19H28O2/c1-2-3-4-5-6-7-8-9-10-17-11-13-18(14-12-17)20-15-19-16-21-19/h6-7,11-14,19H,2-5,8-10,15-16H2,1H3/b7-6+. The monoisotopic (exact) mass is 288 g/mol. The van der Waals surface area contributed by atoms with Gasteiger partial charge in [-0.1, -0.05) is 44.1 Å². The van der Waals surface area contributed by atoms with E-state index in [1.807, 2.05) is 0 Å². The largest absolute Gasteiger partial charge is 0.491 e. The summed E-state index contributed by atoms with van der Waals surface area (Å²) in [4.78, 5) is 0. The van der Waals surface area contributed by atoms with Gasteiger partial charge in [0.05, 0.1) is 6.61 Å². The quantitative estimate of drug-likeness (QED) is 0.327. The zero-order chi connectivity index (χ0) is 14.8. The molecule has 0 spiro atoms. The molecule has 0 aromatic heterocycles. The third-order valence-electron chi connectivity index (χ3n) is 3.74.